The lowest BCUT2D eigenvalue weighted by Crippen LogP contribution is -2.36. The van der Waals surface area contributed by atoms with Gasteiger partial charge < -0.3 is 5.11 Å². The Bertz CT molecular complexity index is 1310. The van der Waals surface area contributed by atoms with Crippen LogP contribution < -0.4 is 0 Å². The first-order chi connectivity index (χ1) is 20.0. The van der Waals surface area contributed by atoms with E-state index in [-0.39, 0.29) is 28.1 Å². The van der Waals surface area contributed by atoms with Gasteiger partial charge in [0.1, 0.15) is 0 Å². The summed E-state index contributed by atoms with van der Waals surface area (Å²) in [6.07, 6.45) is 32.4. The fraction of sp³-hybridized carbons (Fsp3) is 0.488. The van der Waals surface area contributed by atoms with Crippen molar-refractivity contribution in [2.24, 2.45) is 22.2 Å². The summed E-state index contributed by atoms with van der Waals surface area (Å²) in [5.74, 6) is 0.838. The molecular formula is C41H58O2. The highest BCUT2D eigenvalue weighted by Gasteiger charge is 2.51. The number of aliphatic hydroxyl groups is 1. The molecule has 0 unspecified atom stereocenters. The summed E-state index contributed by atoms with van der Waals surface area (Å²) < 4.78 is 0. The van der Waals surface area contributed by atoms with Crippen molar-refractivity contribution in [1.82, 2.24) is 0 Å². The molecule has 3 atom stereocenters. The van der Waals surface area contributed by atoms with Gasteiger partial charge in [-0.25, -0.2) is 0 Å². The van der Waals surface area contributed by atoms with Gasteiger partial charge in [0.15, 0.2) is 5.78 Å². The summed E-state index contributed by atoms with van der Waals surface area (Å²) in [5.41, 5.74) is 6.98. The lowest BCUT2D eigenvalue weighted by molar-refractivity contribution is -0.127. The van der Waals surface area contributed by atoms with Gasteiger partial charge >= 0.3 is 0 Å². The SMILES string of the molecule is CC1=C(/C=C/C(C)=C/C=C/C(C)=C/C=C/C=C(C)/C=C/C=C(C)/C=C/C(=O)[C@]2(C)C[C@@H](C)CC2(C)C)C(C)(C)C[C@H](O)C1. The van der Waals surface area contributed by atoms with E-state index in [0.717, 1.165) is 36.8 Å². The Labute approximate surface area is 263 Å². The summed E-state index contributed by atoms with van der Waals surface area (Å²) in [5, 5.41) is 10.1. The van der Waals surface area contributed by atoms with Gasteiger partial charge in [0.2, 0.25) is 0 Å². The Morgan fingerprint density at radius 2 is 1.19 bits per heavy atom. The van der Waals surface area contributed by atoms with Crippen LogP contribution in [-0.2, 0) is 4.79 Å². The standard InChI is InChI=1S/C41H58O2/c1-30(18-14-20-32(3)22-24-37-35(6)26-36(42)29-39(37,7)8)16-12-13-17-31(2)19-15-21-33(4)23-25-38(43)41(11)28-34(5)27-40(41,9)10/h12-25,34,36,42H,26-29H2,1-11H3/b13-12+,18-14+,19-15+,24-22+,25-23+,30-16+,31-17+,32-20+,33-21+/t34-,36+,41-/m0/s1. The number of hydrogen-bond donors (Lipinski definition) is 1. The molecule has 0 amide bonds. The predicted molar refractivity (Wildman–Crippen MR) is 188 cm³/mol. The van der Waals surface area contributed by atoms with E-state index in [1.165, 1.54) is 22.3 Å². The molecule has 0 aromatic carbocycles. The lowest BCUT2D eigenvalue weighted by atomic mass is 9.66. The Morgan fingerprint density at radius 1 is 0.698 bits per heavy atom. The number of rotatable bonds is 11. The van der Waals surface area contributed by atoms with Crippen molar-refractivity contribution < 1.29 is 9.90 Å². The molecule has 1 saturated carbocycles. The van der Waals surface area contributed by atoms with Crippen LogP contribution in [0.1, 0.15) is 102 Å². The number of ketones is 1. The summed E-state index contributed by atoms with van der Waals surface area (Å²) in [6.45, 7) is 23.8. The minimum atomic E-state index is -0.282. The number of aliphatic hydroxyl groups excluding tert-OH is 1. The molecule has 0 radical (unpaired) electrons. The van der Waals surface area contributed by atoms with Gasteiger partial charge in [-0.05, 0) is 88.7 Å². The summed E-state index contributed by atoms with van der Waals surface area (Å²) in [4.78, 5) is 13.0. The Balaban J connectivity index is 1.89. The average Bonchev–Trinajstić information content (AvgIpc) is 3.10. The molecule has 0 aromatic rings. The van der Waals surface area contributed by atoms with E-state index in [9.17, 15) is 9.90 Å². The van der Waals surface area contributed by atoms with Crippen molar-refractivity contribution in [2.75, 3.05) is 0 Å². The average molecular weight is 583 g/mol. The third-order valence-corrected chi connectivity index (χ3v) is 9.41. The molecule has 0 saturated heterocycles. The molecule has 2 rings (SSSR count). The van der Waals surface area contributed by atoms with Crippen LogP contribution in [0.3, 0.4) is 0 Å². The van der Waals surface area contributed by atoms with Crippen LogP contribution in [0.2, 0.25) is 0 Å². The zero-order valence-electron chi connectivity index (χ0n) is 28.9. The van der Waals surface area contributed by atoms with Crippen LogP contribution >= 0.6 is 0 Å². The van der Waals surface area contributed by atoms with Gasteiger partial charge in [-0.3, -0.25) is 4.79 Å². The second-order valence-electron chi connectivity index (χ2n) is 14.6. The first-order valence-electron chi connectivity index (χ1n) is 16.0. The number of hydrogen-bond acceptors (Lipinski definition) is 2. The molecule has 1 fully saturated rings. The van der Waals surface area contributed by atoms with Crippen molar-refractivity contribution >= 4 is 5.78 Å². The summed E-state index contributed by atoms with van der Waals surface area (Å²) in [6, 6.07) is 0. The molecule has 0 aliphatic heterocycles. The topological polar surface area (TPSA) is 37.3 Å². The maximum Gasteiger partial charge on any atom is 0.162 e. The lowest BCUT2D eigenvalue weighted by Gasteiger charge is -2.36. The first-order valence-corrected chi connectivity index (χ1v) is 16.0. The predicted octanol–water partition coefficient (Wildman–Crippen LogP) is 11.1. The van der Waals surface area contributed by atoms with Crippen LogP contribution in [0, 0.1) is 22.2 Å². The van der Waals surface area contributed by atoms with Crippen molar-refractivity contribution in [3.8, 4) is 0 Å². The van der Waals surface area contributed by atoms with Crippen molar-refractivity contribution in [3.05, 3.63) is 119 Å². The van der Waals surface area contributed by atoms with Crippen molar-refractivity contribution in [3.63, 3.8) is 0 Å². The molecule has 0 bridgehead atoms. The second kappa shape index (κ2) is 15.7. The Hall–Kier alpha value is -2.97. The maximum atomic E-state index is 13.0. The molecule has 2 heteroatoms. The van der Waals surface area contributed by atoms with Crippen molar-refractivity contribution in [1.29, 1.82) is 0 Å². The Morgan fingerprint density at radius 3 is 1.67 bits per heavy atom. The summed E-state index contributed by atoms with van der Waals surface area (Å²) in [7, 11) is 0. The monoisotopic (exact) mass is 582 g/mol. The van der Waals surface area contributed by atoms with Crippen LogP contribution in [0.4, 0.5) is 0 Å². The van der Waals surface area contributed by atoms with Gasteiger partial charge in [0.25, 0.3) is 0 Å². The first kappa shape index (κ1) is 36.2. The third-order valence-electron chi connectivity index (χ3n) is 9.41. The smallest absolute Gasteiger partial charge is 0.162 e. The van der Waals surface area contributed by atoms with Gasteiger partial charge in [-0.1, -0.05) is 148 Å². The van der Waals surface area contributed by atoms with E-state index in [1.807, 2.05) is 25.2 Å². The van der Waals surface area contributed by atoms with Crippen molar-refractivity contribution in [2.45, 2.75) is 108 Å². The molecule has 0 heterocycles. The second-order valence-corrected chi connectivity index (χ2v) is 14.6. The quantitative estimate of drug-likeness (QED) is 0.194. The molecule has 0 spiro atoms. The fourth-order valence-corrected chi connectivity index (χ4v) is 6.70. The molecular weight excluding hydrogens is 524 g/mol. The Kier molecular flexibility index (Phi) is 13.2. The normalized spacial score (nSPS) is 27.7. The van der Waals surface area contributed by atoms with Gasteiger partial charge in [0, 0.05) is 5.41 Å². The van der Waals surface area contributed by atoms with E-state index >= 15 is 0 Å². The summed E-state index contributed by atoms with van der Waals surface area (Å²) >= 11 is 0. The van der Waals surface area contributed by atoms with Gasteiger partial charge in [-0.2, -0.15) is 0 Å². The zero-order chi connectivity index (χ0) is 32.4. The number of carbonyl (C=O) groups excluding carboxylic acids is 1. The van der Waals surface area contributed by atoms with Crippen LogP contribution in [-0.4, -0.2) is 17.0 Å². The molecule has 2 aliphatic carbocycles. The van der Waals surface area contributed by atoms with E-state index in [1.54, 1.807) is 6.08 Å². The zero-order valence-corrected chi connectivity index (χ0v) is 28.9. The molecule has 2 nitrogen and oxygen atoms in total. The van der Waals surface area contributed by atoms with E-state index in [0.29, 0.717) is 5.92 Å². The fourth-order valence-electron chi connectivity index (χ4n) is 6.70. The minimum absolute atomic E-state index is 0.00112. The highest BCUT2D eigenvalue weighted by atomic mass is 16.3. The van der Waals surface area contributed by atoms with E-state index in [4.69, 9.17) is 0 Å². The molecule has 43 heavy (non-hydrogen) atoms. The van der Waals surface area contributed by atoms with Crippen LogP contribution in [0.15, 0.2) is 119 Å². The highest BCUT2D eigenvalue weighted by molar-refractivity contribution is 5.95. The molecule has 0 aromatic heterocycles. The number of carbonyl (C=O) groups is 1. The molecule has 234 valence electrons. The van der Waals surface area contributed by atoms with Crippen LogP contribution in [0.5, 0.6) is 0 Å². The third kappa shape index (κ3) is 10.9. The van der Waals surface area contributed by atoms with Gasteiger partial charge in [0.05, 0.1) is 6.10 Å². The molecule has 2 aliphatic rings. The van der Waals surface area contributed by atoms with Gasteiger partial charge in [-0.15, -0.1) is 0 Å². The number of allylic oxidation sites excluding steroid dienone is 19. The van der Waals surface area contributed by atoms with Crippen LogP contribution in [0.25, 0.3) is 0 Å². The highest BCUT2D eigenvalue weighted by Crippen LogP contribution is 2.55. The minimum Gasteiger partial charge on any atom is -0.393 e. The molecule has 1 N–H and O–H groups in total. The largest absolute Gasteiger partial charge is 0.393 e. The van der Waals surface area contributed by atoms with E-state index in [2.05, 4.69) is 130 Å². The maximum absolute atomic E-state index is 13.0. The van der Waals surface area contributed by atoms with E-state index < -0.39 is 0 Å².